The van der Waals surface area contributed by atoms with E-state index >= 15 is 0 Å². The molecule has 1 atom stereocenters. The van der Waals surface area contributed by atoms with Crippen LogP contribution in [0.1, 0.15) is 5.56 Å². The van der Waals surface area contributed by atoms with Crippen LogP contribution in [0.25, 0.3) is 6.08 Å². The van der Waals surface area contributed by atoms with Gasteiger partial charge in [-0.15, -0.1) is 0 Å². The van der Waals surface area contributed by atoms with Crippen LogP contribution < -0.4 is 16.5 Å². The molecule has 0 saturated heterocycles. The highest BCUT2D eigenvalue weighted by Crippen LogP contribution is 2.30. The van der Waals surface area contributed by atoms with Crippen LogP contribution in [0.2, 0.25) is 5.02 Å². The molecule has 1 aromatic rings. The fraction of sp³-hybridized carbons (Fsp3) is 0.0909. The molecule has 0 fully saturated rings. The largest absolute Gasteiger partial charge is 0.365 e. The van der Waals surface area contributed by atoms with Gasteiger partial charge in [0.2, 0.25) is 0 Å². The number of carbonyl (C=O) groups excluding carboxylic acids is 1. The first-order valence-electron chi connectivity index (χ1n) is 5.06. The number of nitrogens with two attached hydrogens (primary N) is 1. The van der Waals surface area contributed by atoms with Crippen LogP contribution in [-0.2, 0) is 0 Å². The first kappa shape index (κ1) is 12.7. The van der Waals surface area contributed by atoms with Gasteiger partial charge in [0.05, 0.1) is 6.21 Å². The number of hydrogen-bond acceptors (Lipinski definition) is 3. The van der Waals surface area contributed by atoms with E-state index in [1.807, 2.05) is 18.2 Å². The summed E-state index contributed by atoms with van der Waals surface area (Å²) >= 11 is 12.0. The molecular formula is C11H10Cl2N4O. The predicted molar refractivity (Wildman–Crippen MR) is 73.9 cm³/mol. The van der Waals surface area contributed by atoms with Crippen molar-refractivity contribution in [2.24, 2.45) is 10.8 Å². The molecule has 1 aliphatic heterocycles. The van der Waals surface area contributed by atoms with Gasteiger partial charge >= 0.3 is 6.03 Å². The molecule has 1 heterocycles. The number of hydrogen-bond donors (Lipinski definition) is 3. The van der Waals surface area contributed by atoms with Crippen LogP contribution in [-0.4, -0.2) is 17.7 Å². The van der Waals surface area contributed by atoms with E-state index in [0.717, 1.165) is 11.3 Å². The highest BCUT2D eigenvalue weighted by molar-refractivity contribution is 6.31. The average Bonchev–Trinajstić information content (AvgIpc) is 2.30. The van der Waals surface area contributed by atoms with Gasteiger partial charge in [-0.2, -0.15) is 5.10 Å². The molecule has 1 aromatic carbocycles. The van der Waals surface area contributed by atoms with Crippen molar-refractivity contribution in [3.05, 3.63) is 34.4 Å². The summed E-state index contributed by atoms with van der Waals surface area (Å²) in [6, 6.07) is 4.70. The molecule has 0 saturated carbocycles. The summed E-state index contributed by atoms with van der Waals surface area (Å²) < 4.78 is 0. The Hall–Kier alpha value is -1.72. The first-order chi connectivity index (χ1) is 8.56. The van der Waals surface area contributed by atoms with E-state index in [1.54, 1.807) is 6.07 Å². The minimum Gasteiger partial charge on any atom is -0.365 e. The van der Waals surface area contributed by atoms with E-state index in [9.17, 15) is 4.79 Å². The van der Waals surface area contributed by atoms with Gasteiger partial charge in [-0.05, 0) is 29.8 Å². The summed E-state index contributed by atoms with van der Waals surface area (Å²) in [6.07, 6.45) is 3.26. The number of carbonyl (C=O) groups is 1. The minimum absolute atomic E-state index is 0.433. The Bertz CT molecular complexity index is 542. The number of amides is 2. The number of rotatable bonds is 2. The van der Waals surface area contributed by atoms with Crippen LogP contribution in [0.15, 0.2) is 28.9 Å². The maximum atomic E-state index is 10.5. The molecule has 18 heavy (non-hydrogen) atoms. The fourth-order valence-electron chi connectivity index (χ4n) is 1.53. The van der Waals surface area contributed by atoms with Crippen LogP contribution in [0.3, 0.4) is 0 Å². The number of urea groups is 1. The van der Waals surface area contributed by atoms with Gasteiger partial charge in [0.25, 0.3) is 0 Å². The third kappa shape index (κ3) is 2.94. The molecule has 0 bridgehead atoms. The second-order valence-electron chi connectivity index (χ2n) is 3.62. The molecule has 7 heteroatoms. The van der Waals surface area contributed by atoms with Crippen LogP contribution >= 0.6 is 23.2 Å². The average molecular weight is 285 g/mol. The molecule has 1 aliphatic rings. The first-order valence-corrected chi connectivity index (χ1v) is 5.88. The number of nitrogens with zero attached hydrogens (tertiary/aromatic N) is 1. The molecule has 1 unspecified atom stereocenters. The molecular weight excluding hydrogens is 275 g/mol. The minimum atomic E-state index is -0.731. The van der Waals surface area contributed by atoms with E-state index < -0.39 is 11.5 Å². The monoisotopic (exact) mass is 284 g/mol. The van der Waals surface area contributed by atoms with Crippen LogP contribution in [0.5, 0.6) is 0 Å². The van der Waals surface area contributed by atoms with E-state index in [-0.39, 0.29) is 0 Å². The number of nitrogens with one attached hydrogen (secondary N) is 2. The third-order valence-electron chi connectivity index (χ3n) is 2.30. The van der Waals surface area contributed by atoms with Gasteiger partial charge in [0.1, 0.15) is 5.50 Å². The standard InChI is InChI=1S/C11H10Cl2N4O/c12-8-1-2-9-6(4-8)3-7(10(13)16-9)5-15-17-11(14)18/h1-5,10,16H,(H3,14,17,18)/b15-5+. The van der Waals surface area contributed by atoms with Gasteiger partial charge in [0.15, 0.2) is 0 Å². The fourth-order valence-corrected chi connectivity index (χ4v) is 1.95. The molecule has 0 aromatic heterocycles. The zero-order valence-corrected chi connectivity index (χ0v) is 10.7. The normalized spacial score (nSPS) is 17.9. The number of alkyl halides is 1. The molecule has 2 amide bonds. The molecule has 0 spiro atoms. The van der Waals surface area contributed by atoms with E-state index in [0.29, 0.717) is 10.6 Å². The Morgan fingerprint density at radius 1 is 1.56 bits per heavy atom. The maximum absolute atomic E-state index is 10.5. The number of benzene rings is 1. The Kier molecular flexibility index (Phi) is 3.74. The van der Waals surface area contributed by atoms with Crippen molar-refractivity contribution in [3.8, 4) is 0 Å². The highest BCUT2D eigenvalue weighted by atomic mass is 35.5. The van der Waals surface area contributed by atoms with Gasteiger partial charge in [-0.25, -0.2) is 10.2 Å². The summed E-state index contributed by atoms with van der Waals surface area (Å²) in [7, 11) is 0. The zero-order chi connectivity index (χ0) is 13.1. The molecule has 0 aliphatic carbocycles. The van der Waals surface area contributed by atoms with Gasteiger partial charge < -0.3 is 11.1 Å². The lowest BCUT2D eigenvalue weighted by molar-refractivity contribution is 0.249. The van der Waals surface area contributed by atoms with Crippen molar-refractivity contribution in [3.63, 3.8) is 0 Å². The summed E-state index contributed by atoms with van der Waals surface area (Å²) in [5.41, 5.74) is 9.05. The quantitative estimate of drug-likeness (QED) is 0.337. The second kappa shape index (κ2) is 5.29. The Morgan fingerprint density at radius 3 is 3.06 bits per heavy atom. The van der Waals surface area contributed by atoms with Gasteiger partial charge in [0, 0.05) is 16.3 Å². The second-order valence-corrected chi connectivity index (χ2v) is 4.49. The molecule has 0 radical (unpaired) electrons. The summed E-state index contributed by atoms with van der Waals surface area (Å²) in [5.74, 6) is 0. The predicted octanol–water partition coefficient (Wildman–Crippen LogP) is 2.37. The third-order valence-corrected chi connectivity index (χ3v) is 2.90. The number of halogens is 2. The van der Waals surface area contributed by atoms with Crippen molar-refractivity contribution in [1.29, 1.82) is 0 Å². The van der Waals surface area contributed by atoms with Crippen molar-refractivity contribution >= 4 is 47.2 Å². The summed E-state index contributed by atoms with van der Waals surface area (Å²) in [5, 5.41) is 7.37. The Labute approximate surface area is 114 Å². The van der Waals surface area contributed by atoms with Gasteiger partial charge in [-0.1, -0.05) is 23.2 Å². The molecule has 94 valence electrons. The SMILES string of the molecule is NC(=O)N/N=C/C1=Cc2cc(Cl)ccc2NC1Cl. The number of hydrazone groups is 1. The number of primary amides is 1. The van der Waals surface area contributed by atoms with Crippen LogP contribution in [0.4, 0.5) is 10.5 Å². The van der Waals surface area contributed by atoms with Crippen molar-refractivity contribution in [1.82, 2.24) is 5.43 Å². The molecule has 2 rings (SSSR count). The maximum Gasteiger partial charge on any atom is 0.332 e. The highest BCUT2D eigenvalue weighted by Gasteiger charge is 2.17. The molecule has 4 N–H and O–H groups in total. The lowest BCUT2D eigenvalue weighted by Gasteiger charge is -2.21. The Balaban J connectivity index is 2.25. The summed E-state index contributed by atoms with van der Waals surface area (Å²) in [6.45, 7) is 0. The number of fused-ring (bicyclic) bond motifs is 1. The zero-order valence-electron chi connectivity index (χ0n) is 9.15. The lowest BCUT2D eigenvalue weighted by atomic mass is 10.1. The number of anilines is 1. The van der Waals surface area contributed by atoms with E-state index in [2.05, 4.69) is 15.8 Å². The van der Waals surface area contributed by atoms with E-state index in [1.165, 1.54) is 6.21 Å². The van der Waals surface area contributed by atoms with Crippen molar-refractivity contribution in [2.75, 3.05) is 5.32 Å². The molecule has 5 nitrogen and oxygen atoms in total. The Morgan fingerprint density at radius 2 is 2.33 bits per heavy atom. The van der Waals surface area contributed by atoms with Crippen molar-refractivity contribution < 1.29 is 4.79 Å². The van der Waals surface area contributed by atoms with Crippen molar-refractivity contribution in [2.45, 2.75) is 5.50 Å². The van der Waals surface area contributed by atoms with Gasteiger partial charge in [-0.3, -0.25) is 0 Å². The lowest BCUT2D eigenvalue weighted by Crippen LogP contribution is -2.26. The smallest absolute Gasteiger partial charge is 0.332 e. The van der Waals surface area contributed by atoms with Crippen LogP contribution in [0, 0.1) is 0 Å². The topological polar surface area (TPSA) is 79.5 Å². The van der Waals surface area contributed by atoms with E-state index in [4.69, 9.17) is 28.9 Å². The summed E-state index contributed by atoms with van der Waals surface area (Å²) in [4.78, 5) is 10.5.